The number of carbonyl (C=O) groups is 3. The Balaban J connectivity index is 1.33. The van der Waals surface area contributed by atoms with Gasteiger partial charge >= 0.3 is 0 Å². The maximum Gasteiger partial charge on any atom is 0.274 e. The second kappa shape index (κ2) is 8.65. The Morgan fingerprint density at radius 2 is 1.76 bits per heavy atom. The van der Waals surface area contributed by atoms with Crippen molar-refractivity contribution in [1.29, 1.82) is 0 Å². The van der Waals surface area contributed by atoms with E-state index < -0.39 is 0 Å². The van der Waals surface area contributed by atoms with Crippen LogP contribution < -0.4 is 5.32 Å². The number of carbonyl (C=O) groups excluding carboxylic acids is 3. The van der Waals surface area contributed by atoms with Crippen molar-refractivity contribution in [2.24, 2.45) is 13.0 Å². The van der Waals surface area contributed by atoms with Crippen LogP contribution in [0.4, 0.5) is 0 Å². The lowest BCUT2D eigenvalue weighted by Crippen LogP contribution is -2.46. The molecule has 2 aromatic rings. The molecule has 8 heteroatoms. The molecule has 3 heterocycles. The molecular formula is C25H31N5O3. The number of piperidine rings is 1. The first-order valence-electron chi connectivity index (χ1n) is 11.9. The third kappa shape index (κ3) is 4.38. The number of aromatic nitrogens is 2. The third-order valence-corrected chi connectivity index (χ3v) is 7.03. The first-order valence-corrected chi connectivity index (χ1v) is 11.9. The zero-order chi connectivity index (χ0) is 23.1. The van der Waals surface area contributed by atoms with E-state index in [9.17, 15) is 14.4 Å². The molecule has 3 aliphatic rings. The van der Waals surface area contributed by atoms with Gasteiger partial charge in [-0.05, 0) is 44.7 Å². The molecule has 0 spiro atoms. The van der Waals surface area contributed by atoms with Crippen molar-refractivity contribution in [2.75, 3.05) is 19.6 Å². The molecule has 1 saturated heterocycles. The van der Waals surface area contributed by atoms with Gasteiger partial charge in [-0.3, -0.25) is 19.1 Å². The van der Waals surface area contributed by atoms with Gasteiger partial charge in [0, 0.05) is 56.0 Å². The number of nitrogens with one attached hydrogen (secondary N) is 1. The van der Waals surface area contributed by atoms with E-state index >= 15 is 0 Å². The zero-order valence-electron chi connectivity index (χ0n) is 19.3. The summed E-state index contributed by atoms with van der Waals surface area (Å²) in [6.45, 7) is 4.02. The predicted molar refractivity (Wildman–Crippen MR) is 123 cm³/mol. The van der Waals surface area contributed by atoms with Crippen molar-refractivity contribution >= 4 is 17.7 Å². The lowest BCUT2D eigenvalue weighted by Gasteiger charge is -2.32. The van der Waals surface area contributed by atoms with Gasteiger partial charge < -0.3 is 15.1 Å². The number of hydrogen-bond acceptors (Lipinski definition) is 4. The summed E-state index contributed by atoms with van der Waals surface area (Å²) in [7, 11) is 1.86. The molecule has 33 heavy (non-hydrogen) atoms. The lowest BCUT2D eigenvalue weighted by molar-refractivity contribution is -0.126. The summed E-state index contributed by atoms with van der Waals surface area (Å²) >= 11 is 0. The molecule has 3 amide bonds. The highest BCUT2D eigenvalue weighted by Gasteiger charge is 2.35. The number of nitrogens with zero attached hydrogens (tertiary/aromatic N) is 4. The van der Waals surface area contributed by atoms with E-state index in [-0.39, 0.29) is 23.6 Å². The molecule has 1 atom stereocenters. The van der Waals surface area contributed by atoms with Crippen LogP contribution in [0.3, 0.4) is 0 Å². The van der Waals surface area contributed by atoms with Crippen LogP contribution in [-0.2, 0) is 24.8 Å². The molecule has 174 valence electrons. The Morgan fingerprint density at radius 3 is 2.48 bits per heavy atom. The highest BCUT2D eigenvalue weighted by Crippen LogP contribution is 2.27. The van der Waals surface area contributed by atoms with Crippen LogP contribution in [0.25, 0.3) is 0 Å². The average molecular weight is 450 g/mol. The maximum absolute atomic E-state index is 13.5. The van der Waals surface area contributed by atoms with E-state index in [2.05, 4.69) is 10.4 Å². The molecule has 5 rings (SSSR count). The van der Waals surface area contributed by atoms with Gasteiger partial charge in [-0.1, -0.05) is 17.7 Å². The summed E-state index contributed by atoms with van der Waals surface area (Å²) in [4.78, 5) is 42.7. The quantitative estimate of drug-likeness (QED) is 0.774. The van der Waals surface area contributed by atoms with E-state index in [0.29, 0.717) is 49.9 Å². The van der Waals surface area contributed by atoms with E-state index in [4.69, 9.17) is 0 Å². The van der Waals surface area contributed by atoms with Crippen LogP contribution in [0, 0.1) is 12.8 Å². The van der Waals surface area contributed by atoms with Crippen LogP contribution in [0.1, 0.15) is 63.4 Å². The maximum atomic E-state index is 13.5. The topological polar surface area (TPSA) is 87.5 Å². The van der Waals surface area contributed by atoms with Gasteiger partial charge in [0.1, 0.15) is 0 Å². The van der Waals surface area contributed by atoms with Gasteiger partial charge in [0.15, 0.2) is 5.69 Å². The smallest absolute Gasteiger partial charge is 0.274 e. The van der Waals surface area contributed by atoms with Gasteiger partial charge in [0.2, 0.25) is 5.91 Å². The molecule has 0 radical (unpaired) electrons. The number of likely N-dealkylation sites (tertiary alicyclic amines) is 1. The predicted octanol–water partition coefficient (Wildman–Crippen LogP) is 2.06. The van der Waals surface area contributed by atoms with Crippen molar-refractivity contribution in [2.45, 2.75) is 51.6 Å². The average Bonchev–Trinajstić information content (AvgIpc) is 3.59. The molecule has 2 fully saturated rings. The number of aryl methyl sites for hydroxylation is 2. The Morgan fingerprint density at radius 1 is 1.00 bits per heavy atom. The largest absolute Gasteiger partial charge is 0.353 e. The molecule has 0 bridgehead atoms. The van der Waals surface area contributed by atoms with Gasteiger partial charge in [-0.25, -0.2) is 0 Å². The van der Waals surface area contributed by atoms with E-state index in [0.717, 1.165) is 42.5 Å². The molecule has 1 unspecified atom stereocenters. The number of rotatable bonds is 4. The van der Waals surface area contributed by atoms with Gasteiger partial charge in [0.05, 0.1) is 12.5 Å². The first-order chi connectivity index (χ1) is 15.9. The van der Waals surface area contributed by atoms with Crippen LogP contribution >= 0.6 is 0 Å². The van der Waals surface area contributed by atoms with Crippen molar-refractivity contribution in [3.05, 3.63) is 52.3 Å². The normalized spacial score (nSPS) is 20.4. The number of benzene rings is 1. The van der Waals surface area contributed by atoms with Gasteiger partial charge in [0.25, 0.3) is 11.8 Å². The number of fused-ring (bicyclic) bond motifs is 1. The summed E-state index contributed by atoms with van der Waals surface area (Å²) in [6.07, 6.45) is 4.39. The van der Waals surface area contributed by atoms with Gasteiger partial charge in [-0.15, -0.1) is 0 Å². The van der Waals surface area contributed by atoms with Crippen LogP contribution in [0.2, 0.25) is 0 Å². The SMILES string of the molecule is Cc1ccc(C(=O)N2CCc3c(c(C(=O)N4CCCC(C(=O)NC5CC5)C4)nn3C)C2)cc1. The molecule has 1 aromatic heterocycles. The zero-order valence-corrected chi connectivity index (χ0v) is 19.3. The Kier molecular flexibility index (Phi) is 5.68. The summed E-state index contributed by atoms with van der Waals surface area (Å²) in [5.74, 6) is -0.270. The second-order valence-corrected chi connectivity index (χ2v) is 9.61. The van der Waals surface area contributed by atoms with Crippen LogP contribution in [0.15, 0.2) is 24.3 Å². The summed E-state index contributed by atoms with van der Waals surface area (Å²) in [5.41, 5.74) is 4.02. The fourth-order valence-electron chi connectivity index (χ4n) is 4.89. The highest BCUT2D eigenvalue weighted by molar-refractivity contribution is 5.96. The fraction of sp³-hybridized carbons (Fsp3) is 0.520. The van der Waals surface area contributed by atoms with E-state index in [1.54, 1.807) is 14.5 Å². The minimum Gasteiger partial charge on any atom is -0.353 e. The summed E-state index contributed by atoms with van der Waals surface area (Å²) in [6, 6.07) is 7.90. The second-order valence-electron chi connectivity index (χ2n) is 9.61. The molecule has 1 aliphatic carbocycles. The Labute approximate surface area is 193 Å². The van der Waals surface area contributed by atoms with E-state index in [1.807, 2.05) is 38.2 Å². The molecular weight excluding hydrogens is 418 g/mol. The molecule has 1 N–H and O–H groups in total. The van der Waals surface area contributed by atoms with Crippen molar-refractivity contribution in [3.8, 4) is 0 Å². The molecule has 1 aromatic carbocycles. The monoisotopic (exact) mass is 449 g/mol. The minimum absolute atomic E-state index is 0.0299. The van der Waals surface area contributed by atoms with Crippen molar-refractivity contribution in [1.82, 2.24) is 24.9 Å². The highest BCUT2D eigenvalue weighted by atomic mass is 16.2. The van der Waals surface area contributed by atoms with Crippen molar-refractivity contribution in [3.63, 3.8) is 0 Å². The van der Waals surface area contributed by atoms with Gasteiger partial charge in [-0.2, -0.15) is 5.10 Å². The van der Waals surface area contributed by atoms with Crippen LogP contribution in [-0.4, -0.2) is 63.0 Å². The summed E-state index contributed by atoms with van der Waals surface area (Å²) < 4.78 is 1.78. The lowest BCUT2D eigenvalue weighted by atomic mass is 9.96. The standard InChI is InChI=1S/C25H31N5O3/c1-16-5-7-17(8-6-16)24(32)30-13-11-21-20(15-30)22(27-28(21)2)25(33)29-12-3-4-18(14-29)23(31)26-19-9-10-19/h5-8,18-19H,3-4,9-15H2,1-2H3,(H,26,31). The van der Waals surface area contributed by atoms with Crippen LogP contribution in [0.5, 0.6) is 0 Å². The summed E-state index contributed by atoms with van der Waals surface area (Å²) in [5, 5.41) is 7.63. The number of hydrogen-bond donors (Lipinski definition) is 1. The Bertz CT molecular complexity index is 1090. The van der Waals surface area contributed by atoms with Crippen molar-refractivity contribution < 1.29 is 14.4 Å². The minimum atomic E-state index is -0.164. The fourth-order valence-corrected chi connectivity index (χ4v) is 4.89. The van der Waals surface area contributed by atoms with E-state index in [1.165, 1.54) is 0 Å². The number of amides is 3. The molecule has 1 saturated carbocycles. The first kappa shape index (κ1) is 21.7. The Hall–Kier alpha value is -3.16. The molecule has 8 nitrogen and oxygen atoms in total. The third-order valence-electron chi connectivity index (χ3n) is 7.03. The molecule has 2 aliphatic heterocycles.